The van der Waals surface area contributed by atoms with E-state index in [1.807, 2.05) is 0 Å². The van der Waals surface area contributed by atoms with Gasteiger partial charge in [0.1, 0.15) is 13.2 Å². The molecule has 3 rings (SSSR count). The van der Waals surface area contributed by atoms with E-state index in [1.165, 1.54) is 0 Å². The van der Waals surface area contributed by atoms with E-state index in [-0.39, 0.29) is 5.78 Å². The SMILES string of the molecule is NCC1(C(=O)c2ccc3c(c2)OCCO3)CCOCC1. The molecule has 0 radical (unpaired) electrons. The first-order valence-corrected chi connectivity index (χ1v) is 6.97. The molecule has 108 valence electrons. The molecule has 2 aliphatic heterocycles. The molecule has 1 aromatic rings. The third-order valence-electron chi connectivity index (χ3n) is 4.13. The van der Waals surface area contributed by atoms with Crippen LogP contribution < -0.4 is 15.2 Å². The molecule has 1 saturated heterocycles. The number of nitrogens with two attached hydrogens (primary N) is 1. The molecule has 0 saturated carbocycles. The third kappa shape index (κ3) is 2.27. The Bertz CT molecular complexity index is 509. The molecular formula is C15H19NO4. The monoisotopic (exact) mass is 277 g/mol. The molecule has 2 aliphatic rings. The van der Waals surface area contributed by atoms with Crippen molar-refractivity contribution in [2.75, 3.05) is 33.0 Å². The van der Waals surface area contributed by atoms with Gasteiger partial charge in [-0.3, -0.25) is 4.79 Å². The molecule has 1 aromatic carbocycles. The highest BCUT2D eigenvalue weighted by Gasteiger charge is 2.39. The summed E-state index contributed by atoms with van der Waals surface area (Å²) in [6.07, 6.45) is 1.35. The van der Waals surface area contributed by atoms with Gasteiger partial charge in [-0.1, -0.05) is 0 Å². The Morgan fingerprint density at radius 3 is 2.50 bits per heavy atom. The fraction of sp³-hybridized carbons (Fsp3) is 0.533. The number of rotatable bonds is 3. The Kier molecular flexibility index (Phi) is 3.63. The Hall–Kier alpha value is -1.59. The van der Waals surface area contributed by atoms with Gasteiger partial charge in [0.05, 0.1) is 5.41 Å². The molecule has 2 N–H and O–H groups in total. The predicted molar refractivity (Wildman–Crippen MR) is 73.3 cm³/mol. The number of hydrogen-bond donors (Lipinski definition) is 1. The summed E-state index contributed by atoms with van der Waals surface area (Å²) in [6.45, 7) is 2.59. The molecule has 0 spiro atoms. The molecule has 0 amide bonds. The second kappa shape index (κ2) is 5.42. The second-order valence-electron chi connectivity index (χ2n) is 5.28. The summed E-state index contributed by atoms with van der Waals surface area (Å²) in [5, 5.41) is 0. The Morgan fingerprint density at radius 1 is 1.10 bits per heavy atom. The van der Waals surface area contributed by atoms with Crippen LogP contribution in [0.2, 0.25) is 0 Å². The van der Waals surface area contributed by atoms with Crippen molar-refractivity contribution < 1.29 is 19.0 Å². The van der Waals surface area contributed by atoms with Crippen LogP contribution in [0.25, 0.3) is 0 Å². The summed E-state index contributed by atoms with van der Waals surface area (Å²) >= 11 is 0. The van der Waals surface area contributed by atoms with Crippen molar-refractivity contribution in [3.63, 3.8) is 0 Å². The third-order valence-corrected chi connectivity index (χ3v) is 4.13. The molecule has 20 heavy (non-hydrogen) atoms. The van der Waals surface area contributed by atoms with Crippen molar-refractivity contribution in [3.05, 3.63) is 23.8 Å². The Morgan fingerprint density at radius 2 is 1.80 bits per heavy atom. The number of carbonyl (C=O) groups excluding carboxylic acids is 1. The number of carbonyl (C=O) groups is 1. The van der Waals surface area contributed by atoms with Crippen molar-refractivity contribution in [2.24, 2.45) is 11.1 Å². The molecule has 5 heteroatoms. The zero-order chi connectivity index (χ0) is 14.0. The lowest BCUT2D eigenvalue weighted by Gasteiger charge is -2.34. The number of benzene rings is 1. The average Bonchev–Trinajstić information content (AvgIpc) is 2.54. The van der Waals surface area contributed by atoms with Gasteiger partial charge in [0.2, 0.25) is 0 Å². The zero-order valence-corrected chi connectivity index (χ0v) is 11.4. The van der Waals surface area contributed by atoms with E-state index in [9.17, 15) is 4.79 Å². The lowest BCUT2D eigenvalue weighted by atomic mass is 9.74. The molecule has 5 nitrogen and oxygen atoms in total. The molecule has 0 unspecified atom stereocenters. The van der Waals surface area contributed by atoms with Crippen LogP contribution in [0.4, 0.5) is 0 Å². The van der Waals surface area contributed by atoms with E-state index in [2.05, 4.69) is 0 Å². The minimum Gasteiger partial charge on any atom is -0.486 e. The van der Waals surface area contributed by atoms with Gasteiger partial charge in [0.25, 0.3) is 0 Å². The van der Waals surface area contributed by atoms with Gasteiger partial charge in [-0.25, -0.2) is 0 Å². The average molecular weight is 277 g/mol. The summed E-state index contributed by atoms with van der Waals surface area (Å²) in [4.78, 5) is 12.8. The summed E-state index contributed by atoms with van der Waals surface area (Å²) in [7, 11) is 0. The molecule has 0 bridgehead atoms. The van der Waals surface area contributed by atoms with E-state index in [0.29, 0.717) is 62.9 Å². The number of ether oxygens (including phenoxy) is 3. The van der Waals surface area contributed by atoms with E-state index in [1.54, 1.807) is 18.2 Å². The molecule has 1 fully saturated rings. The fourth-order valence-corrected chi connectivity index (χ4v) is 2.78. The second-order valence-corrected chi connectivity index (χ2v) is 5.28. The van der Waals surface area contributed by atoms with Gasteiger partial charge < -0.3 is 19.9 Å². The van der Waals surface area contributed by atoms with Gasteiger partial charge in [0, 0.05) is 25.3 Å². The van der Waals surface area contributed by atoms with E-state index in [0.717, 1.165) is 0 Å². The highest BCUT2D eigenvalue weighted by molar-refractivity contribution is 6.01. The van der Waals surface area contributed by atoms with Crippen molar-refractivity contribution >= 4 is 5.78 Å². The lowest BCUT2D eigenvalue weighted by molar-refractivity contribution is 0.0200. The number of fused-ring (bicyclic) bond motifs is 1. The van der Waals surface area contributed by atoms with Gasteiger partial charge in [0.15, 0.2) is 17.3 Å². The normalized spacial score (nSPS) is 20.4. The molecule has 0 atom stereocenters. The van der Waals surface area contributed by atoms with Crippen LogP contribution >= 0.6 is 0 Å². The first-order chi connectivity index (χ1) is 9.75. The highest BCUT2D eigenvalue weighted by Crippen LogP contribution is 2.36. The largest absolute Gasteiger partial charge is 0.486 e. The maximum atomic E-state index is 12.8. The molecule has 0 aromatic heterocycles. The van der Waals surface area contributed by atoms with Crippen LogP contribution in [0.5, 0.6) is 11.5 Å². The smallest absolute Gasteiger partial charge is 0.170 e. The van der Waals surface area contributed by atoms with Crippen molar-refractivity contribution in [1.82, 2.24) is 0 Å². The lowest BCUT2D eigenvalue weighted by Crippen LogP contribution is -2.43. The van der Waals surface area contributed by atoms with Crippen LogP contribution in [0.1, 0.15) is 23.2 Å². The van der Waals surface area contributed by atoms with E-state index >= 15 is 0 Å². The van der Waals surface area contributed by atoms with Crippen LogP contribution in [-0.4, -0.2) is 38.8 Å². The van der Waals surface area contributed by atoms with Crippen LogP contribution in [0.3, 0.4) is 0 Å². The Labute approximate surface area is 118 Å². The molecule has 2 heterocycles. The quantitative estimate of drug-likeness (QED) is 0.846. The Balaban J connectivity index is 1.89. The van der Waals surface area contributed by atoms with Gasteiger partial charge >= 0.3 is 0 Å². The summed E-state index contributed by atoms with van der Waals surface area (Å²) < 4.78 is 16.4. The van der Waals surface area contributed by atoms with E-state index < -0.39 is 5.41 Å². The van der Waals surface area contributed by atoms with Gasteiger partial charge in [-0.2, -0.15) is 0 Å². The first-order valence-electron chi connectivity index (χ1n) is 6.97. The fourth-order valence-electron chi connectivity index (χ4n) is 2.78. The van der Waals surface area contributed by atoms with Crippen LogP contribution in [0.15, 0.2) is 18.2 Å². The maximum Gasteiger partial charge on any atom is 0.170 e. The van der Waals surface area contributed by atoms with Gasteiger partial charge in [-0.05, 0) is 31.0 Å². The summed E-state index contributed by atoms with van der Waals surface area (Å²) in [5.74, 6) is 1.42. The van der Waals surface area contributed by atoms with Crippen molar-refractivity contribution in [3.8, 4) is 11.5 Å². The highest BCUT2D eigenvalue weighted by atomic mass is 16.6. The first kappa shape index (κ1) is 13.4. The molecular weight excluding hydrogens is 258 g/mol. The standard InChI is InChI=1S/C15H19NO4/c16-10-15(3-5-18-6-4-15)14(17)11-1-2-12-13(9-11)20-8-7-19-12/h1-2,9H,3-8,10,16H2. The predicted octanol–water partition coefficient (Wildman–Crippen LogP) is 1.40. The summed E-state index contributed by atoms with van der Waals surface area (Å²) in [5.41, 5.74) is 6.02. The molecule has 0 aliphatic carbocycles. The summed E-state index contributed by atoms with van der Waals surface area (Å²) in [6, 6.07) is 5.36. The van der Waals surface area contributed by atoms with Crippen molar-refractivity contribution in [1.29, 1.82) is 0 Å². The van der Waals surface area contributed by atoms with Crippen LogP contribution in [-0.2, 0) is 4.74 Å². The maximum absolute atomic E-state index is 12.8. The minimum atomic E-state index is -0.498. The van der Waals surface area contributed by atoms with Crippen molar-refractivity contribution in [2.45, 2.75) is 12.8 Å². The zero-order valence-electron chi connectivity index (χ0n) is 11.4. The topological polar surface area (TPSA) is 70.8 Å². The number of hydrogen-bond acceptors (Lipinski definition) is 5. The minimum absolute atomic E-state index is 0.0836. The number of Topliss-reactive ketones (excluding diaryl/α,β-unsaturated/α-hetero) is 1. The van der Waals surface area contributed by atoms with E-state index in [4.69, 9.17) is 19.9 Å². The van der Waals surface area contributed by atoms with Crippen LogP contribution in [0, 0.1) is 5.41 Å². The van der Waals surface area contributed by atoms with Gasteiger partial charge in [-0.15, -0.1) is 0 Å². The number of ketones is 1.